The van der Waals surface area contributed by atoms with E-state index in [0.29, 0.717) is 6.04 Å². The Kier molecular flexibility index (Phi) is 5.30. The second-order valence-corrected chi connectivity index (χ2v) is 7.59. The molecule has 0 aromatic carbocycles. The summed E-state index contributed by atoms with van der Waals surface area (Å²) in [6.07, 6.45) is 5.54. The summed E-state index contributed by atoms with van der Waals surface area (Å²) >= 11 is 0. The molecule has 0 spiro atoms. The minimum absolute atomic E-state index is 0.711. The Morgan fingerprint density at radius 1 is 1.11 bits per heavy atom. The summed E-state index contributed by atoms with van der Waals surface area (Å²) in [6.45, 7) is 14.5. The lowest BCUT2D eigenvalue weighted by atomic mass is 9.78. The van der Waals surface area contributed by atoms with Crippen molar-refractivity contribution in [3.63, 3.8) is 0 Å². The molecule has 0 aromatic rings. The molecule has 2 rings (SSSR count). The fourth-order valence-corrected chi connectivity index (χ4v) is 4.35. The summed E-state index contributed by atoms with van der Waals surface area (Å²) in [5, 5.41) is 3.75. The third-order valence-corrected chi connectivity index (χ3v) is 5.36. The van der Waals surface area contributed by atoms with E-state index < -0.39 is 0 Å². The molecule has 19 heavy (non-hydrogen) atoms. The molecule has 2 nitrogen and oxygen atoms in total. The van der Waals surface area contributed by atoms with Crippen molar-refractivity contribution in [1.29, 1.82) is 0 Å². The van der Waals surface area contributed by atoms with Crippen LogP contribution in [0, 0.1) is 17.8 Å². The van der Waals surface area contributed by atoms with E-state index in [2.05, 4.69) is 44.8 Å². The van der Waals surface area contributed by atoms with Gasteiger partial charge in [-0.05, 0) is 43.4 Å². The SMILES string of the molecule is CCC1CN(C2CC(C)CC(C)C2)C(C(C)C)CN1. The Bertz CT molecular complexity index is 266. The van der Waals surface area contributed by atoms with Gasteiger partial charge in [0.15, 0.2) is 0 Å². The van der Waals surface area contributed by atoms with Crippen LogP contribution in [0.15, 0.2) is 0 Å². The minimum atomic E-state index is 0.711. The van der Waals surface area contributed by atoms with Crippen LogP contribution in [0.3, 0.4) is 0 Å². The summed E-state index contributed by atoms with van der Waals surface area (Å²) in [7, 11) is 0. The molecule has 4 unspecified atom stereocenters. The Balaban J connectivity index is 2.07. The van der Waals surface area contributed by atoms with E-state index in [1.807, 2.05) is 0 Å². The van der Waals surface area contributed by atoms with Crippen LogP contribution in [0.2, 0.25) is 0 Å². The molecule has 0 aromatic heterocycles. The molecule has 1 aliphatic heterocycles. The molecule has 1 saturated carbocycles. The summed E-state index contributed by atoms with van der Waals surface area (Å²) < 4.78 is 0. The zero-order chi connectivity index (χ0) is 14.0. The quantitative estimate of drug-likeness (QED) is 0.841. The first kappa shape index (κ1) is 15.3. The van der Waals surface area contributed by atoms with Crippen LogP contribution in [0.1, 0.15) is 60.3 Å². The number of rotatable bonds is 3. The fraction of sp³-hybridized carbons (Fsp3) is 1.00. The van der Waals surface area contributed by atoms with Crippen molar-refractivity contribution in [2.45, 2.75) is 78.4 Å². The Hall–Kier alpha value is -0.0800. The maximum atomic E-state index is 3.75. The van der Waals surface area contributed by atoms with E-state index >= 15 is 0 Å². The predicted octanol–water partition coefficient (Wildman–Crippen LogP) is 3.52. The molecule has 1 heterocycles. The molecule has 1 aliphatic carbocycles. The minimum Gasteiger partial charge on any atom is -0.311 e. The van der Waals surface area contributed by atoms with Gasteiger partial charge in [-0.25, -0.2) is 0 Å². The normalized spacial score (nSPS) is 41.7. The molecule has 2 fully saturated rings. The van der Waals surface area contributed by atoms with Gasteiger partial charge in [0.2, 0.25) is 0 Å². The lowest BCUT2D eigenvalue weighted by molar-refractivity contribution is 0.0192. The third-order valence-electron chi connectivity index (χ3n) is 5.36. The van der Waals surface area contributed by atoms with Crippen LogP contribution < -0.4 is 5.32 Å². The zero-order valence-corrected chi connectivity index (χ0v) is 13.7. The Labute approximate surface area is 120 Å². The molecule has 0 amide bonds. The molecule has 2 aliphatic rings. The van der Waals surface area contributed by atoms with E-state index in [4.69, 9.17) is 0 Å². The third kappa shape index (κ3) is 3.72. The molecule has 1 saturated heterocycles. The van der Waals surface area contributed by atoms with Crippen molar-refractivity contribution in [2.75, 3.05) is 13.1 Å². The lowest BCUT2D eigenvalue weighted by Gasteiger charge is -2.49. The van der Waals surface area contributed by atoms with Gasteiger partial charge < -0.3 is 5.32 Å². The highest BCUT2D eigenvalue weighted by Crippen LogP contribution is 2.34. The van der Waals surface area contributed by atoms with E-state index in [1.54, 1.807) is 0 Å². The van der Waals surface area contributed by atoms with Gasteiger partial charge in [-0.3, -0.25) is 4.90 Å². The van der Waals surface area contributed by atoms with Gasteiger partial charge in [-0.1, -0.05) is 34.6 Å². The first-order chi connectivity index (χ1) is 9.01. The van der Waals surface area contributed by atoms with Crippen molar-refractivity contribution in [1.82, 2.24) is 10.2 Å². The molecular formula is C17H34N2. The number of nitrogens with zero attached hydrogens (tertiary/aromatic N) is 1. The highest BCUT2D eigenvalue weighted by molar-refractivity contribution is 4.93. The summed E-state index contributed by atoms with van der Waals surface area (Å²) in [4.78, 5) is 2.88. The first-order valence-electron chi connectivity index (χ1n) is 8.50. The van der Waals surface area contributed by atoms with Crippen molar-refractivity contribution < 1.29 is 0 Å². The molecule has 4 atom stereocenters. The van der Waals surface area contributed by atoms with E-state index in [1.165, 1.54) is 38.8 Å². The van der Waals surface area contributed by atoms with Gasteiger partial charge in [0.1, 0.15) is 0 Å². The van der Waals surface area contributed by atoms with Gasteiger partial charge in [0.05, 0.1) is 0 Å². The van der Waals surface area contributed by atoms with Crippen LogP contribution in [0.25, 0.3) is 0 Å². The van der Waals surface area contributed by atoms with Crippen LogP contribution in [0.5, 0.6) is 0 Å². The van der Waals surface area contributed by atoms with E-state index in [0.717, 1.165) is 29.8 Å². The predicted molar refractivity (Wildman–Crippen MR) is 83.4 cm³/mol. The number of nitrogens with one attached hydrogen (secondary N) is 1. The average molecular weight is 266 g/mol. The molecule has 112 valence electrons. The first-order valence-corrected chi connectivity index (χ1v) is 8.50. The Morgan fingerprint density at radius 3 is 2.26 bits per heavy atom. The smallest absolute Gasteiger partial charge is 0.0247 e. The van der Waals surface area contributed by atoms with Gasteiger partial charge in [-0.15, -0.1) is 0 Å². The van der Waals surface area contributed by atoms with Crippen LogP contribution in [-0.2, 0) is 0 Å². The highest BCUT2D eigenvalue weighted by Gasteiger charge is 2.36. The van der Waals surface area contributed by atoms with Crippen LogP contribution in [-0.4, -0.2) is 36.1 Å². The molecule has 0 radical (unpaired) electrons. The van der Waals surface area contributed by atoms with Gasteiger partial charge in [0.25, 0.3) is 0 Å². The molecular weight excluding hydrogens is 232 g/mol. The monoisotopic (exact) mass is 266 g/mol. The second kappa shape index (κ2) is 6.58. The average Bonchev–Trinajstić information content (AvgIpc) is 2.36. The van der Waals surface area contributed by atoms with Crippen molar-refractivity contribution >= 4 is 0 Å². The zero-order valence-electron chi connectivity index (χ0n) is 13.7. The van der Waals surface area contributed by atoms with Crippen LogP contribution >= 0.6 is 0 Å². The number of hydrogen-bond donors (Lipinski definition) is 1. The van der Waals surface area contributed by atoms with Crippen molar-refractivity contribution in [2.24, 2.45) is 17.8 Å². The molecule has 2 heteroatoms. The highest BCUT2D eigenvalue weighted by atomic mass is 15.3. The maximum absolute atomic E-state index is 3.75. The van der Waals surface area contributed by atoms with Crippen LogP contribution in [0.4, 0.5) is 0 Å². The van der Waals surface area contributed by atoms with E-state index in [9.17, 15) is 0 Å². The topological polar surface area (TPSA) is 15.3 Å². The second-order valence-electron chi connectivity index (χ2n) is 7.59. The van der Waals surface area contributed by atoms with Gasteiger partial charge in [-0.2, -0.15) is 0 Å². The van der Waals surface area contributed by atoms with Gasteiger partial charge in [0, 0.05) is 31.2 Å². The van der Waals surface area contributed by atoms with Crippen molar-refractivity contribution in [3.05, 3.63) is 0 Å². The maximum Gasteiger partial charge on any atom is 0.0247 e. The fourth-order valence-electron chi connectivity index (χ4n) is 4.35. The molecule has 0 bridgehead atoms. The largest absolute Gasteiger partial charge is 0.311 e. The van der Waals surface area contributed by atoms with Gasteiger partial charge >= 0.3 is 0 Å². The summed E-state index contributed by atoms with van der Waals surface area (Å²) in [5.41, 5.74) is 0. The molecule has 1 N–H and O–H groups in total. The number of piperazine rings is 1. The number of hydrogen-bond acceptors (Lipinski definition) is 2. The standard InChI is InChI=1S/C17H34N2/c1-6-15-11-19(17(10-18-15)12(2)3)16-8-13(4)7-14(5)9-16/h12-18H,6-11H2,1-5H3. The van der Waals surface area contributed by atoms with E-state index in [-0.39, 0.29) is 0 Å². The Morgan fingerprint density at radius 2 is 1.74 bits per heavy atom. The summed E-state index contributed by atoms with van der Waals surface area (Å²) in [5.74, 6) is 2.59. The summed E-state index contributed by atoms with van der Waals surface area (Å²) in [6, 6.07) is 2.29. The lowest BCUT2D eigenvalue weighted by Crippen LogP contribution is -2.61. The van der Waals surface area contributed by atoms with Crippen molar-refractivity contribution in [3.8, 4) is 0 Å².